The van der Waals surface area contributed by atoms with Gasteiger partial charge in [-0.2, -0.15) is 0 Å². The molecule has 5 nitrogen and oxygen atoms in total. The molecule has 0 bridgehead atoms. The van der Waals surface area contributed by atoms with Gasteiger partial charge in [0, 0.05) is 25.3 Å². The Morgan fingerprint density at radius 1 is 1.25 bits per heavy atom. The van der Waals surface area contributed by atoms with Gasteiger partial charge in [0.2, 0.25) is 0 Å². The molecule has 3 aromatic rings. The van der Waals surface area contributed by atoms with E-state index in [1.165, 1.54) is 5.52 Å². The minimum Gasteiger partial charge on any atom is -0.348 e. The number of nitrogens with zero attached hydrogens (tertiary/aromatic N) is 3. The number of hydrogen-bond donors (Lipinski definition) is 2. The van der Waals surface area contributed by atoms with Crippen LogP contribution in [0.15, 0.2) is 30.6 Å². The Morgan fingerprint density at radius 2 is 2.10 bits per heavy atom. The molecule has 0 aliphatic rings. The fourth-order valence-corrected chi connectivity index (χ4v) is 2.44. The van der Waals surface area contributed by atoms with Crippen LogP contribution in [-0.2, 0) is 13.1 Å². The van der Waals surface area contributed by atoms with E-state index in [9.17, 15) is 0 Å². The van der Waals surface area contributed by atoms with Gasteiger partial charge in [-0.3, -0.25) is 0 Å². The molecule has 0 radical (unpaired) electrons. The van der Waals surface area contributed by atoms with E-state index < -0.39 is 0 Å². The van der Waals surface area contributed by atoms with Crippen LogP contribution >= 0.6 is 0 Å². The van der Waals surface area contributed by atoms with Gasteiger partial charge in [0.25, 0.3) is 0 Å². The Morgan fingerprint density at radius 3 is 2.90 bits per heavy atom. The van der Waals surface area contributed by atoms with Gasteiger partial charge in [-0.1, -0.05) is 12.1 Å². The molecule has 0 atom stereocenters. The molecule has 2 heterocycles. The normalized spacial score (nSPS) is 11.3. The zero-order valence-electron chi connectivity index (χ0n) is 11.8. The lowest BCUT2D eigenvalue weighted by Crippen LogP contribution is -2.20. The van der Waals surface area contributed by atoms with E-state index in [1.54, 1.807) is 6.33 Å². The molecule has 0 amide bonds. The largest absolute Gasteiger partial charge is 0.348 e. The van der Waals surface area contributed by atoms with Crippen LogP contribution in [0.5, 0.6) is 0 Å². The van der Waals surface area contributed by atoms with Crippen LogP contribution in [0.1, 0.15) is 17.2 Å². The molecule has 0 spiro atoms. The van der Waals surface area contributed by atoms with Crippen LogP contribution in [0, 0.1) is 13.8 Å². The van der Waals surface area contributed by atoms with Crippen molar-refractivity contribution < 1.29 is 0 Å². The molecule has 2 N–H and O–H groups in total. The third-order valence-electron chi connectivity index (χ3n) is 3.58. The summed E-state index contributed by atoms with van der Waals surface area (Å²) in [6, 6.07) is 8.25. The van der Waals surface area contributed by atoms with E-state index >= 15 is 0 Å². The van der Waals surface area contributed by atoms with Crippen LogP contribution in [-0.4, -0.2) is 26.1 Å². The number of rotatable bonds is 5. The van der Waals surface area contributed by atoms with Crippen LogP contribution in [0.25, 0.3) is 11.0 Å². The van der Waals surface area contributed by atoms with E-state index in [4.69, 9.17) is 0 Å². The number of para-hydroxylation sites is 2. The first-order valence-corrected chi connectivity index (χ1v) is 6.87. The van der Waals surface area contributed by atoms with E-state index in [0.717, 1.165) is 42.4 Å². The first kappa shape index (κ1) is 12.9. The monoisotopic (exact) mass is 269 g/mol. The summed E-state index contributed by atoms with van der Waals surface area (Å²) in [4.78, 5) is 11.9. The third-order valence-corrected chi connectivity index (χ3v) is 3.58. The van der Waals surface area contributed by atoms with Crippen molar-refractivity contribution >= 4 is 11.0 Å². The highest BCUT2D eigenvalue weighted by Crippen LogP contribution is 2.14. The lowest BCUT2D eigenvalue weighted by atomic mass is 10.3. The Labute approximate surface area is 118 Å². The standard InChI is InChI=1S/C15H19N5/c1-11-14(18-10-17-11)9-16-7-8-20-12(2)19-13-5-3-4-6-15(13)20/h3-6,10,16H,7-9H2,1-2H3,(H,17,18). The number of hydrogen-bond acceptors (Lipinski definition) is 3. The second kappa shape index (κ2) is 5.46. The Kier molecular flexibility index (Phi) is 3.52. The third kappa shape index (κ3) is 2.44. The van der Waals surface area contributed by atoms with Gasteiger partial charge in [0.15, 0.2) is 0 Å². The Balaban J connectivity index is 1.63. The highest BCUT2D eigenvalue weighted by atomic mass is 15.1. The number of H-pyrrole nitrogens is 1. The maximum absolute atomic E-state index is 4.57. The zero-order valence-corrected chi connectivity index (χ0v) is 11.8. The van der Waals surface area contributed by atoms with E-state index in [-0.39, 0.29) is 0 Å². The highest BCUT2D eigenvalue weighted by molar-refractivity contribution is 5.75. The van der Waals surface area contributed by atoms with Crippen LogP contribution in [0.3, 0.4) is 0 Å². The highest BCUT2D eigenvalue weighted by Gasteiger charge is 2.06. The fourth-order valence-electron chi connectivity index (χ4n) is 2.44. The van der Waals surface area contributed by atoms with Gasteiger partial charge in [-0.25, -0.2) is 9.97 Å². The van der Waals surface area contributed by atoms with Gasteiger partial charge >= 0.3 is 0 Å². The molecule has 0 fully saturated rings. The smallest absolute Gasteiger partial charge is 0.106 e. The molecular weight excluding hydrogens is 250 g/mol. The van der Waals surface area contributed by atoms with Crippen LogP contribution in [0.4, 0.5) is 0 Å². The number of benzene rings is 1. The Bertz CT molecular complexity index is 710. The molecule has 1 aromatic carbocycles. The molecule has 2 aromatic heterocycles. The van der Waals surface area contributed by atoms with Gasteiger partial charge in [0.05, 0.1) is 23.1 Å². The summed E-state index contributed by atoms with van der Waals surface area (Å²) in [5, 5.41) is 3.43. The summed E-state index contributed by atoms with van der Waals surface area (Å²) in [5.41, 5.74) is 4.47. The second-order valence-electron chi connectivity index (χ2n) is 4.95. The van der Waals surface area contributed by atoms with Gasteiger partial charge in [0.1, 0.15) is 5.82 Å². The van der Waals surface area contributed by atoms with E-state index in [0.29, 0.717) is 0 Å². The van der Waals surface area contributed by atoms with Crippen molar-refractivity contribution in [1.29, 1.82) is 0 Å². The van der Waals surface area contributed by atoms with Crippen LogP contribution < -0.4 is 5.32 Å². The molecule has 20 heavy (non-hydrogen) atoms. The maximum Gasteiger partial charge on any atom is 0.106 e. The predicted molar refractivity (Wildman–Crippen MR) is 79.5 cm³/mol. The second-order valence-corrected chi connectivity index (χ2v) is 4.95. The number of aryl methyl sites for hydroxylation is 2. The molecule has 0 saturated heterocycles. The average Bonchev–Trinajstić information content (AvgIpc) is 2.98. The zero-order chi connectivity index (χ0) is 13.9. The molecule has 5 heteroatoms. The number of imidazole rings is 2. The Hall–Kier alpha value is -2.14. The van der Waals surface area contributed by atoms with E-state index in [1.807, 2.05) is 13.0 Å². The lowest BCUT2D eigenvalue weighted by molar-refractivity contribution is 0.592. The average molecular weight is 269 g/mol. The summed E-state index contributed by atoms with van der Waals surface area (Å²) in [7, 11) is 0. The van der Waals surface area contributed by atoms with Crippen molar-refractivity contribution in [1.82, 2.24) is 24.8 Å². The number of aromatic amines is 1. The number of fused-ring (bicyclic) bond motifs is 1. The van der Waals surface area contributed by atoms with Crippen molar-refractivity contribution in [3.63, 3.8) is 0 Å². The van der Waals surface area contributed by atoms with Crippen molar-refractivity contribution in [2.45, 2.75) is 26.9 Å². The predicted octanol–water partition coefficient (Wildman–Crippen LogP) is 2.17. The summed E-state index contributed by atoms with van der Waals surface area (Å²) in [6.45, 7) is 6.69. The minimum atomic E-state index is 0.793. The number of aromatic nitrogens is 4. The van der Waals surface area contributed by atoms with Crippen molar-refractivity contribution in [2.24, 2.45) is 0 Å². The fraction of sp³-hybridized carbons (Fsp3) is 0.333. The lowest BCUT2D eigenvalue weighted by Gasteiger charge is -2.08. The summed E-state index contributed by atoms with van der Waals surface area (Å²) >= 11 is 0. The summed E-state index contributed by atoms with van der Waals surface area (Å²) < 4.78 is 2.25. The summed E-state index contributed by atoms with van der Waals surface area (Å²) in [5.74, 6) is 1.06. The van der Waals surface area contributed by atoms with Crippen molar-refractivity contribution in [3.05, 3.63) is 47.8 Å². The molecule has 3 rings (SSSR count). The molecule has 0 saturated carbocycles. The molecule has 0 aliphatic carbocycles. The first-order chi connectivity index (χ1) is 9.75. The van der Waals surface area contributed by atoms with Gasteiger partial charge < -0.3 is 14.9 Å². The van der Waals surface area contributed by atoms with Crippen LogP contribution in [0.2, 0.25) is 0 Å². The molecule has 0 unspecified atom stereocenters. The minimum absolute atomic E-state index is 0.793. The van der Waals surface area contributed by atoms with Gasteiger partial charge in [-0.05, 0) is 26.0 Å². The van der Waals surface area contributed by atoms with E-state index in [2.05, 4.69) is 50.0 Å². The molecule has 0 aliphatic heterocycles. The summed E-state index contributed by atoms with van der Waals surface area (Å²) in [6.07, 6.45) is 1.74. The van der Waals surface area contributed by atoms with Crippen molar-refractivity contribution in [2.75, 3.05) is 6.54 Å². The maximum atomic E-state index is 4.57. The quantitative estimate of drug-likeness (QED) is 0.698. The topological polar surface area (TPSA) is 58.5 Å². The number of nitrogens with one attached hydrogen (secondary N) is 2. The SMILES string of the molecule is Cc1[nH]cnc1CNCCn1c(C)nc2ccccc21. The first-order valence-electron chi connectivity index (χ1n) is 6.87. The molecular formula is C15H19N5. The van der Waals surface area contributed by atoms with Crippen molar-refractivity contribution in [3.8, 4) is 0 Å². The molecule has 104 valence electrons. The van der Waals surface area contributed by atoms with Gasteiger partial charge in [-0.15, -0.1) is 0 Å².